The molecule has 0 fully saturated rings. The van der Waals surface area contributed by atoms with Crippen molar-refractivity contribution in [2.75, 3.05) is 13.6 Å². The van der Waals surface area contributed by atoms with Crippen LogP contribution in [0.25, 0.3) is 0 Å². The number of nitrogens with zero attached hydrogens (tertiary/aromatic N) is 4. The Balaban J connectivity index is 0.00000264. The molecule has 1 heterocycles. The van der Waals surface area contributed by atoms with Crippen molar-refractivity contribution in [3.8, 4) is 0 Å². The second-order valence-corrected chi connectivity index (χ2v) is 5.47. The zero-order chi connectivity index (χ0) is 15.9. The lowest BCUT2D eigenvalue weighted by atomic mass is 10.1. The molecule has 0 aliphatic carbocycles. The lowest BCUT2D eigenvalue weighted by Crippen LogP contribution is -2.38. The van der Waals surface area contributed by atoms with Gasteiger partial charge in [-0.1, -0.05) is 24.3 Å². The second kappa shape index (κ2) is 9.54. The molecule has 2 aromatic rings. The quantitative estimate of drug-likeness (QED) is 0.454. The number of guanidine groups is 1. The predicted molar refractivity (Wildman–Crippen MR) is 106 cm³/mol. The zero-order valence-corrected chi connectivity index (χ0v) is 16.6. The molecule has 0 aliphatic rings. The highest BCUT2D eigenvalue weighted by molar-refractivity contribution is 14.0. The molecule has 0 amide bonds. The Labute approximate surface area is 155 Å². The van der Waals surface area contributed by atoms with Crippen LogP contribution in [0.1, 0.15) is 23.6 Å². The molecule has 0 saturated carbocycles. The van der Waals surface area contributed by atoms with Gasteiger partial charge in [0.25, 0.3) is 0 Å². The molecule has 1 aromatic carbocycles. The molecule has 6 heteroatoms. The average molecular weight is 427 g/mol. The average Bonchev–Trinajstić information content (AvgIpc) is 2.91. The van der Waals surface area contributed by atoms with E-state index in [1.807, 2.05) is 19.4 Å². The van der Waals surface area contributed by atoms with Gasteiger partial charge in [-0.3, -0.25) is 4.68 Å². The smallest absolute Gasteiger partial charge is 0.194 e. The summed E-state index contributed by atoms with van der Waals surface area (Å²) in [4.78, 5) is 6.86. The molecule has 1 aromatic heterocycles. The van der Waals surface area contributed by atoms with Crippen molar-refractivity contribution in [2.24, 2.45) is 12.0 Å². The minimum absolute atomic E-state index is 0. The summed E-state index contributed by atoms with van der Waals surface area (Å²) < 4.78 is 1.80. The molecule has 1 N–H and O–H groups in total. The first-order valence-electron chi connectivity index (χ1n) is 7.61. The number of nitrogens with one attached hydrogen (secondary N) is 1. The minimum Gasteiger partial charge on any atom is -0.357 e. The van der Waals surface area contributed by atoms with Gasteiger partial charge >= 0.3 is 0 Å². The van der Waals surface area contributed by atoms with E-state index in [0.29, 0.717) is 6.54 Å². The fraction of sp³-hybridized carbons (Fsp3) is 0.412. The molecular formula is C17H26IN5. The number of hydrogen-bond acceptors (Lipinski definition) is 2. The molecule has 0 unspecified atom stereocenters. The van der Waals surface area contributed by atoms with Crippen LogP contribution in [0.4, 0.5) is 0 Å². The first-order chi connectivity index (χ1) is 10.6. The molecule has 0 spiro atoms. The standard InChI is InChI=1S/C17H25N5.HI/c1-5-18-17(19-10-15-11-20-22(4)12-15)21(3)13-16-9-7-6-8-14(16)2;/h6-9,11-12H,5,10,13H2,1-4H3,(H,18,19);1H. The van der Waals surface area contributed by atoms with E-state index in [9.17, 15) is 0 Å². The molecule has 126 valence electrons. The zero-order valence-electron chi connectivity index (χ0n) is 14.3. The number of aromatic nitrogens is 2. The second-order valence-electron chi connectivity index (χ2n) is 5.47. The Bertz CT molecular complexity index is 635. The lowest BCUT2D eigenvalue weighted by molar-refractivity contribution is 0.475. The van der Waals surface area contributed by atoms with Gasteiger partial charge in [0.05, 0.1) is 12.7 Å². The Morgan fingerprint density at radius 3 is 2.70 bits per heavy atom. The highest BCUT2D eigenvalue weighted by Crippen LogP contribution is 2.10. The van der Waals surface area contributed by atoms with Gasteiger partial charge in [-0.25, -0.2) is 4.99 Å². The highest BCUT2D eigenvalue weighted by Gasteiger charge is 2.08. The predicted octanol–water partition coefficient (Wildman–Crippen LogP) is 2.94. The van der Waals surface area contributed by atoms with E-state index >= 15 is 0 Å². The monoisotopic (exact) mass is 427 g/mol. The minimum atomic E-state index is 0. The molecule has 0 atom stereocenters. The molecule has 0 saturated heterocycles. The Morgan fingerprint density at radius 1 is 1.35 bits per heavy atom. The van der Waals surface area contributed by atoms with Gasteiger partial charge in [0.2, 0.25) is 0 Å². The van der Waals surface area contributed by atoms with Crippen molar-refractivity contribution in [3.05, 3.63) is 53.3 Å². The summed E-state index contributed by atoms with van der Waals surface area (Å²) in [5.74, 6) is 0.912. The van der Waals surface area contributed by atoms with E-state index in [-0.39, 0.29) is 24.0 Å². The van der Waals surface area contributed by atoms with Gasteiger partial charge in [-0.05, 0) is 25.0 Å². The van der Waals surface area contributed by atoms with Gasteiger partial charge in [0.1, 0.15) is 0 Å². The Kier molecular flexibility index (Phi) is 8.08. The molecular weight excluding hydrogens is 401 g/mol. The van der Waals surface area contributed by atoms with Crippen LogP contribution >= 0.6 is 24.0 Å². The van der Waals surface area contributed by atoms with Gasteiger partial charge in [0, 0.05) is 38.9 Å². The third-order valence-electron chi connectivity index (χ3n) is 3.53. The number of benzene rings is 1. The normalized spacial score (nSPS) is 11.0. The maximum atomic E-state index is 4.70. The van der Waals surface area contributed by atoms with Crippen LogP contribution in [-0.4, -0.2) is 34.2 Å². The third-order valence-corrected chi connectivity index (χ3v) is 3.53. The lowest BCUT2D eigenvalue weighted by Gasteiger charge is -2.23. The van der Waals surface area contributed by atoms with E-state index < -0.39 is 0 Å². The number of hydrogen-bond donors (Lipinski definition) is 1. The van der Waals surface area contributed by atoms with Crippen LogP contribution in [0, 0.1) is 6.92 Å². The van der Waals surface area contributed by atoms with Crippen LogP contribution in [0.15, 0.2) is 41.7 Å². The van der Waals surface area contributed by atoms with Crippen LogP contribution in [-0.2, 0) is 20.1 Å². The van der Waals surface area contributed by atoms with Crippen molar-refractivity contribution in [3.63, 3.8) is 0 Å². The molecule has 0 radical (unpaired) electrons. The van der Waals surface area contributed by atoms with E-state index in [0.717, 1.165) is 24.6 Å². The summed E-state index contributed by atoms with van der Waals surface area (Å²) >= 11 is 0. The molecule has 0 bridgehead atoms. The summed E-state index contributed by atoms with van der Waals surface area (Å²) in [5.41, 5.74) is 3.73. The Hall–Kier alpha value is -1.57. The van der Waals surface area contributed by atoms with Crippen molar-refractivity contribution in [2.45, 2.75) is 26.9 Å². The van der Waals surface area contributed by atoms with Crippen LogP contribution in [0.2, 0.25) is 0 Å². The van der Waals surface area contributed by atoms with Crippen molar-refractivity contribution in [1.82, 2.24) is 20.0 Å². The van der Waals surface area contributed by atoms with Crippen molar-refractivity contribution >= 4 is 29.9 Å². The molecule has 23 heavy (non-hydrogen) atoms. The number of aryl methyl sites for hydroxylation is 2. The summed E-state index contributed by atoms with van der Waals surface area (Å²) in [7, 11) is 3.99. The van der Waals surface area contributed by atoms with E-state index in [2.05, 4.69) is 60.5 Å². The SMILES string of the molecule is CCNC(=NCc1cnn(C)c1)N(C)Cc1ccccc1C.I. The van der Waals surface area contributed by atoms with Crippen LogP contribution in [0.3, 0.4) is 0 Å². The van der Waals surface area contributed by atoms with Crippen LogP contribution < -0.4 is 5.32 Å². The summed E-state index contributed by atoms with van der Waals surface area (Å²) in [6.45, 7) is 6.55. The van der Waals surface area contributed by atoms with E-state index in [1.165, 1.54) is 11.1 Å². The van der Waals surface area contributed by atoms with Crippen molar-refractivity contribution < 1.29 is 0 Å². The maximum absolute atomic E-state index is 4.70. The Morgan fingerprint density at radius 2 is 2.09 bits per heavy atom. The molecule has 5 nitrogen and oxygen atoms in total. The fourth-order valence-corrected chi connectivity index (χ4v) is 2.31. The van der Waals surface area contributed by atoms with Gasteiger partial charge < -0.3 is 10.2 Å². The van der Waals surface area contributed by atoms with E-state index in [4.69, 9.17) is 4.99 Å². The van der Waals surface area contributed by atoms with Crippen LogP contribution in [0.5, 0.6) is 0 Å². The van der Waals surface area contributed by atoms with Gasteiger partial charge in [-0.15, -0.1) is 24.0 Å². The summed E-state index contributed by atoms with van der Waals surface area (Å²) in [5, 5.41) is 7.53. The largest absolute Gasteiger partial charge is 0.357 e. The first kappa shape index (κ1) is 19.5. The topological polar surface area (TPSA) is 45.5 Å². The number of halogens is 1. The van der Waals surface area contributed by atoms with Gasteiger partial charge in [-0.2, -0.15) is 5.10 Å². The number of rotatable bonds is 5. The maximum Gasteiger partial charge on any atom is 0.194 e. The third kappa shape index (κ3) is 5.85. The molecule has 2 rings (SSSR count). The molecule has 0 aliphatic heterocycles. The first-order valence-corrected chi connectivity index (χ1v) is 7.61. The highest BCUT2D eigenvalue weighted by atomic mass is 127. The number of aliphatic imine (C=N–C) groups is 1. The van der Waals surface area contributed by atoms with Crippen molar-refractivity contribution in [1.29, 1.82) is 0 Å². The fourth-order valence-electron chi connectivity index (χ4n) is 2.31. The summed E-state index contributed by atoms with van der Waals surface area (Å²) in [6, 6.07) is 8.45. The summed E-state index contributed by atoms with van der Waals surface area (Å²) in [6.07, 6.45) is 3.85. The van der Waals surface area contributed by atoms with Gasteiger partial charge in [0.15, 0.2) is 5.96 Å². The van der Waals surface area contributed by atoms with E-state index in [1.54, 1.807) is 4.68 Å².